The number of rotatable bonds is 12. The van der Waals surface area contributed by atoms with Crippen molar-refractivity contribution in [1.82, 2.24) is 0 Å². The monoisotopic (exact) mass is 384 g/mol. The number of anilines is 2. The Hall–Kier alpha value is -2.36. The molecule has 0 fully saturated rings. The van der Waals surface area contributed by atoms with Crippen LogP contribution in [-0.4, -0.2) is 6.29 Å². The Morgan fingerprint density at radius 2 is 1.18 bits per heavy atom. The summed E-state index contributed by atoms with van der Waals surface area (Å²) in [6.45, 7) is 6.21. The summed E-state index contributed by atoms with van der Waals surface area (Å²) < 4.78 is 12.3. The molecule has 2 rings (SSSR count). The minimum Gasteiger partial charge on any atom is -0.455 e. The lowest BCUT2D eigenvalue weighted by molar-refractivity contribution is -0.00249. The van der Waals surface area contributed by atoms with Crippen molar-refractivity contribution in [2.75, 3.05) is 11.5 Å². The van der Waals surface area contributed by atoms with Crippen LogP contribution in [0.25, 0.3) is 0 Å². The van der Waals surface area contributed by atoms with Gasteiger partial charge in [0.2, 0.25) is 6.29 Å². The summed E-state index contributed by atoms with van der Waals surface area (Å²) in [5.74, 6) is 1.57. The van der Waals surface area contributed by atoms with Crippen molar-refractivity contribution in [2.45, 2.75) is 78.4 Å². The number of nitrogen functional groups attached to an aromatic ring is 2. The third kappa shape index (κ3) is 7.34. The Balaban J connectivity index is 1.95. The standard InChI is InChI=1S/C24H36N2O2/c1-4-5-6-7-8-9-10-11-24(27-20-12-14-22(25)18(2)16-20)28-21-13-15-23(26)19(3)17-21/h12-17,24H,4-11,25-26H2,1-3H3. The molecular formula is C24H36N2O2. The van der Waals surface area contributed by atoms with E-state index >= 15 is 0 Å². The Labute approximate surface area is 170 Å². The summed E-state index contributed by atoms with van der Waals surface area (Å²) in [6.07, 6.45) is 9.34. The van der Waals surface area contributed by atoms with E-state index in [4.69, 9.17) is 20.9 Å². The first-order valence-electron chi connectivity index (χ1n) is 10.5. The molecule has 4 N–H and O–H groups in total. The minimum atomic E-state index is -0.332. The van der Waals surface area contributed by atoms with E-state index in [9.17, 15) is 0 Å². The molecule has 0 bridgehead atoms. The maximum Gasteiger partial charge on any atom is 0.241 e. The van der Waals surface area contributed by atoms with Crippen LogP contribution < -0.4 is 20.9 Å². The van der Waals surface area contributed by atoms with Gasteiger partial charge in [-0.3, -0.25) is 0 Å². The molecule has 2 aromatic rings. The zero-order valence-electron chi connectivity index (χ0n) is 17.7. The fraction of sp³-hybridized carbons (Fsp3) is 0.500. The average Bonchev–Trinajstić information content (AvgIpc) is 2.67. The molecule has 154 valence electrons. The fourth-order valence-electron chi connectivity index (χ4n) is 3.16. The van der Waals surface area contributed by atoms with Crippen molar-refractivity contribution in [3.8, 4) is 11.5 Å². The van der Waals surface area contributed by atoms with E-state index in [1.54, 1.807) is 0 Å². The number of aryl methyl sites for hydroxylation is 2. The number of unbranched alkanes of at least 4 members (excludes halogenated alkanes) is 6. The van der Waals surface area contributed by atoms with Crippen LogP contribution in [0.1, 0.15) is 69.4 Å². The number of nitrogens with two attached hydrogens (primary N) is 2. The van der Waals surface area contributed by atoms with Gasteiger partial charge in [0.05, 0.1) is 0 Å². The molecule has 28 heavy (non-hydrogen) atoms. The molecule has 0 aliphatic carbocycles. The van der Waals surface area contributed by atoms with E-state index in [-0.39, 0.29) is 6.29 Å². The van der Waals surface area contributed by atoms with E-state index in [0.717, 1.165) is 46.8 Å². The highest BCUT2D eigenvalue weighted by Gasteiger charge is 2.14. The Kier molecular flexibility index (Phi) is 8.99. The van der Waals surface area contributed by atoms with Crippen molar-refractivity contribution in [3.63, 3.8) is 0 Å². The Bertz CT molecular complexity index is 677. The van der Waals surface area contributed by atoms with Gasteiger partial charge in [-0.05, 0) is 67.8 Å². The van der Waals surface area contributed by atoms with Crippen molar-refractivity contribution in [3.05, 3.63) is 47.5 Å². The predicted octanol–water partition coefficient (Wildman–Crippen LogP) is 6.39. The molecule has 0 saturated heterocycles. The normalized spacial score (nSPS) is 11.0. The SMILES string of the molecule is CCCCCCCCCC(Oc1ccc(N)c(C)c1)Oc1ccc(N)c(C)c1. The van der Waals surface area contributed by atoms with Gasteiger partial charge in [0.25, 0.3) is 0 Å². The molecule has 0 radical (unpaired) electrons. The first kappa shape index (κ1) is 21.9. The van der Waals surface area contributed by atoms with Gasteiger partial charge in [-0.25, -0.2) is 0 Å². The summed E-state index contributed by atoms with van der Waals surface area (Å²) in [6, 6.07) is 11.5. The molecule has 0 aliphatic heterocycles. The molecule has 0 aliphatic rings. The third-order valence-corrected chi connectivity index (χ3v) is 5.06. The molecule has 4 nitrogen and oxygen atoms in total. The maximum atomic E-state index is 6.16. The summed E-state index contributed by atoms with van der Waals surface area (Å²) in [7, 11) is 0. The van der Waals surface area contributed by atoms with Gasteiger partial charge in [0.15, 0.2) is 0 Å². The van der Waals surface area contributed by atoms with Gasteiger partial charge in [0, 0.05) is 17.8 Å². The van der Waals surface area contributed by atoms with Crippen molar-refractivity contribution < 1.29 is 9.47 Å². The van der Waals surface area contributed by atoms with Crippen molar-refractivity contribution in [2.24, 2.45) is 0 Å². The van der Waals surface area contributed by atoms with Crippen LogP contribution in [0.4, 0.5) is 11.4 Å². The van der Waals surface area contributed by atoms with Crippen LogP contribution in [0.15, 0.2) is 36.4 Å². The van der Waals surface area contributed by atoms with E-state index in [2.05, 4.69) is 6.92 Å². The fourth-order valence-corrected chi connectivity index (χ4v) is 3.16. The highest BCUT2D eigenvalue weighted by atomic mass is 16.7. The van der Waals surface area contributed by atoms with E-state index in [0.29, 0.717) is 0 Å². The largest absolute Gasteiger partial charge is 0.455 e. The molecule has 4 heteroatoms. The Morgan fingerprint density at radius 3 is 1.64 bits per heavy atom. The van der Waals surface area contributed by atoms with Crippen molar-refractivity contribution in [1.29, 1.82) is 0 Å². The van der Waals surface area contributed by atoms with Crippen LogP contribution in [0.2, 0.25) is 0 Å². The first-order valence-corrected chi connectivity index (χ1v) is 10.5. The molecule has 0 atom stereocenters. The zero-order valence-corrected chi connectivity index (χ0v) is 17.7. The maximum absolute atomic E-state index is 6.16. The van der Waals surface area contributed by atoms with Gasteiger partial charge in [-0.15, -0.1) is 0 Å². The summed E-state index contributed by atoms with van der Waals surface area (Å²) in [5, 5.41) is 0. The molecule has 0 unspecified atom stereocenters. The lowest BCUT2D eigenvalue weighted by atomic mass is 10.1. The average molecular weight is 385 g/mol. The predicted molar refractivity (Wildman–Crippen MR) is 119 cm³/mol. The number of hydrogen-bond acceptors (Lipinski definition) is 4. The van der Waals surface area contributed by atoms with Crippen LogP contribution in [0, 0.1) is 13.8 Å². The molecule has 0 amide bonds. The number of benzene rings is 2. The Morgan fingerprint density at radius 1 is 0.714 bits per heavy atom. The van der Waals surface area contributed by atoms with Crippen LogP contribution in [0.5, 0.6) is 11.5 Å². The lowest BCUT2D eigenvalue weighted by Gasteiger charge is -2.21. The van der Waals surface area contributed by atoms with Gasteiger partial charge < -0.3 is 20.9 Å². The van der Waals surface area contributed by atoms with Gasteiger partial charge >= 0.3 is 0 Å². The number of ether oxygens (including phenoxy) is 2. The van der Waals surface area contributed by atoms with E-state index in [1.807, 2.05) is 50.2 Å². The van der Waals surface area contributed by atoms with E-state index in [1.165, 1.54) is 38.5 Å². The molecule has 0 saturated carbocycles. The van der Waals surface area contributed by atoms with Crippen LogP contribution >= 0.6 is 0 Å². The molecule has 0 aromatic heterocycles. The topological polar surface area (TPSA) is 70.5 Å². The highest BCUT2D eigenvalue weighted by Crippen LogP contribution is 2.25. The van der Waals surface area contributed by atoms with Crippen LogP contribution in [0.3, 0.4) is 0 Å². The smallest absolute Gasteiger partial charge is 0.241 e. The highest BCUT2D eigenvalue weighted by molar-refractivity contribution is 5.50. The summed E-state index contributed by atoms with van der Waals surface area (Å²) >= 11 is 0. The van der Waals surface area contributed by atoms with Crippen molar-refractivity contribution >= 4 is 11.4 Å². The second kappa shape index (κ2) is 11.5. The minimum absolute atomic E-state index is 0.332. The molecule has 2 aromatic carbocycles. The molecule has 0 heterocycles. The quantitative estimate of drug-likeness (QED) is 0.252. The van der Waals surface area contributed by atoms with Gasteiger partial charge in [-0.2, -0.15) is 0 Å². The molecule has 0 spiro atoms. The van der Waals surface area contributed by atoms with Crippen LogP contribution in [-0.2, 0) is 0 Å². The zero-order chi connectivity index (χ0) is 20.4. The third-order valence-electron chi connectivity index (χ3n) is 5.06. The second-order valence-electron chi connectivity index (χ2n) is 7.61. The van der Waals surface area contributed by atoms with Gasteiger partial charge in [0.1, 0.15) is 11.5 Å². The van der Waals surface area contributed by atoms with E-state index < -0.39 is 0 Å². The second-order valence-corrected chi connectivity index (χ2v) is 7.61. The lowest BCUT2D eigenvalue weighted by Crippen LogP contribution is -2.24. The summed E-state index contributed by atoms with van der Waals surface area (Å²) in [5.41, 5.74) is 15.4. The van der Waals surface area contributed by atoms with Gasteiger partial charge in [-0.1, -0.05) is 45.4 Å². The molecular weight excluding hydrogens is 348 g/mol. The first-order chi connectivity index (χ1) is 13.5. The number of hydrogen-bond donors (Lipinski definition) is 2. The summed E-state index contributed by atoms with van der Waals surface area (Å²) in [4.78, 5) is 0.